The molecule has 0 unspecified atom stereocenters. The molecule has 0 saturated carbocycles. The van der Waals surface area contributed by atoms with Crippen molar-refractivity contribution in [3.63, 3.8) is 0 Å². The Hall–Kier alpha value is -3.99. The van der Waals surface area contributed by atoms with E-state index in [1.165, 1.54) is 0 Å². The lowest BCUT2D eigenvalue weighted by molar-refractivity contribution is 0.102. The first kappa shape index (κ1) is 20.3. The number of amides is 1. The predicted molar refractivity (Wildman–Crippen MR) is 125 cm³/mol. The first-order valence-corrected chi connectivity index (χ1v) is 10.0. The molecule has 2 N–H and O–H groups in total. The minimum absolute atomic E-state index is 0.150. The van der Waals surface area contributed by atoms with Gasteiger partial charge in [-0.3, -0.25) is 4.79 Å². The Morgan fingerprint density at radius 1 is 0.839 bits per heavy atom. The summed E-state index contributed by atoms with van der Waals surface area (Å²) < 4.78 is 0. The molecule has 4 rings (SSSR count). The highest BCUT2D eigenvalue weighted by Crippen LogP contribution is 2.40. The van der Waals surface area contributed by atoms with E-state index in [1.54, 1.807) is 6.07 Å². The van der Waals surface area contributed by atoms with Gasteiger partial charge in [0.15, 0.2) is 5.75 Å². The number of aryl methyl sites for hydroxylation is 3. The van der Waals surface area contributed by atoms with Gasteiger partial charge in [0.05, 0.1) is 11.3 Å². The quantitative estimate of drug-likeness (QED) is 0.352. The van der Waals surface area contributed by atoms with Crippen molar-refractivity contribution in [1.29, 1.82) is 0 Å². The fraction of sp³-hybridized carbons (Fsp3) is 0.115. The van der Waals surface area contributed by atoms with Crippen LogP contribution < -0.4 is 5.32 Å². The average Bonchev–Trinajstić information content (AvgIpc) is 2.76. The topological polar surface area (TPSA) is 74.0 Å². The van der Waals surface area contributed by atoms with Crippen molar-refractivity contribution in [2.45, 2.75) is 20.8 Å². The summed E-state index contributed by atoms with van der Waals surface area (Å²) >= 11 is 0. The number of para-hydroxylation sites is 1. The molecule has 4 aromatic carbocycles. The van der Waals surface area contributed by atoms with Crippen molar-refractivity contribution in [3.05, 3.63) is 95.1 Å². The molecule has 0 aliphatic carbocycles. The number of nitrogens with one attached hydrogen (secondary N) is 1. The van der Waals surface area contributed by atoms with Crippen molar-refractivity contribution in [2.24, 2.45) is 10.2 Å². The maximum atomic E-state index is 13.0. The minimum atomic E-state index is -0.402. The number of carbonyl (C=O) groups excluding carboxylic acids is 1. The molecule has 5 nitrogen and oxygen atoms in total. The number of hydrogen-bond donors (Lipinski definition) is 2. The molecule has 0 bridgehead atoms. The fourth-order valence-electron chi connectivity index (χ4n) is 3.43. The minimum Gasteiger partial charge on any atom is -0.505 e. The fourth-order valence-corrected chi connectivity index (χ4v) is 3.43. The summed E-state index contributed by atoms with van der Waals surface area (Å²) in [6, 6.07) is 22.6. The molecule has 0 aliphatic rings. The summed E-state index contributed by atoms with van der Waals surface area (Å²) in [5.41, 5.74) is 4.82. The number of azo groups is 1. The molecule has 0 heterocycles. The smallest absolute Gasteiger partial charge is 0.259 e. The van der Waals surface area contributed by atoms with Gasteiger partial charge in [0.1, 0.15) is 5.69 Å². The summed E-state index contributed by atoms with van der Waals surface area (Å²) in [4.78, 5) is 13.0. The standard InChI is InChI=1S/C26H23N3O2/c1-16-12-13-18(3)23(14-16)28-29-24-20-10-6-5-9-19(20)15-21(25(24)30)26(31)27-22-11-7-4-8-17(22)2/h4-15,30H,1-3H3,(H,27,31)/b29-28+. The summed E-state index contributed by atoms with van der Waals surface area (Å²) in [6.07, 6.45) is 0. The number of aromatic hydroxyl groups is 1. The number of phenolic OH excluding ortho intramolecular Hbond substituents is 1. The molecule has 0 fully saturated rings. The van der Waals surface area contributed by atoms with Gasteiger partial charge < -0.3 is 10.4 Å². The van der Waals surface area contributed by atoms with E-state index in [2.05, 4.69) is 15.5 Å². The van der Waals surface area contributed by atoms with Crippen molar-refractivity contribution in [3.8, 4) is 5.75 Å². The highest BCUT2D eigenvalue weighted by atomic mass is 16.3. The Morgan fingerprint density at radius 2 is 1.58 bits per heavy atom. The van der Waals surface area contributed by atoms with Gasteiger partial charge in [-0.25, -0.2) is 0 Å². The highest BCUT2D eigenvalue weighted by molar-refractivity contribution is 6.11. The van der Waals surface area contributed by atoms with Crippen LogP contribution in [0.5, 0.6) is 5.75 Å². The van der Waals surface area contributed by atoms with Crippen molar-refractivity contribution < 1.29 is 9.90 Å². The Bertz CT molecular complexity index is 1330. The van der Waals surface area contributed by atoms with Gasteiger partial charge in [-0.15, -0.1) is 5.11 Å². The number of nitrogens with zero attached hydrogens (tertiary/aromatic N) is 2. The van der Waals surface area contributed by atoms with Crippen LogP contribution in [0.1, 0.15) is 27.0 Å². The Kier molecular flexibility index (Phi) is 5.50. The first-order chi connectivity index (χ1) is 14.9. The van der Waals surface area contributed by atoms with E-state index in [0.29, 0.717) is 5.69 Å². The van der Waals surface area contributed by atoms with Crippen LogP contribution in [-0.2, 0) is 0 Å². The molecule has 0 saturated heterocycles. The van der Waals surface area contributed by atoms with Crippen LogP contribution in [0.3, 0.4) is 0 Å². The molecule has 154 valence electrons. The number of benzene rings is 4. The molecule has 0 atom stereocenters. The van der Waals surface area contributed by atoms with Crippen molar-refractivity contribution in [1.82, 2.24) is 0 Å². The van der Waals surface area contributed by atoms with Crippen molar-refractivity contribution in [2.75, 3.05) is 5.32 Å². The molecule has 5 heteroatoms. The van der Waals surface area contributed by atoms with Crippen LogP contribution in [0.15, 0.2) is 83.0 Å². The number of carbonyl (C=O) groups is 1. The van der Waals surface area contributed by atoms with Gasteiger partial charge in [-0.1, -0.05) is 54.6 Å². The molecule has 31 heavy (non-hydrogen) atoms. The number of fused-ring (bicyclic) bond motifs is 1. The number of anilines is 1. The summed E-state index contributed by atoms with van der Waals surface area (Å²) in [7, 11) is 0. The van der Waals surface area contributed by atoms with Crippen LogP contribution >= 0.6 is 0 Å². The second-order valence-corrected chi connectivity index (χ2v) is 7.60. The summed E-state index contributed by atoms with van der Waals surface area (Å²) in [5, 5.41) is 24.1. The van der Waals surface area contributed by atoms with Crippen LogP contribution in [0.25, 0.3) is 10.8 Å². The Balaban J connectivity index is 1.81. The van der Waals surface area contributed by atoms with Crippen LogP contribution in [0.4, 0.5) is 17.1 Å². The molecule has 0 radical (unpaired) electrons. The van der Waals surface area contributed by atoms with E-state index in [0.717, 1.165) is 33.2 Å². The monoisotopic (exact) mass is 409 g/mol. The normalized spacial score (nSPS) is 11.2. The third-order valence-electron chi connectivity index (χ3n) is 5.26. The molecular formula is C26H23N3O2. The maximum absolute atomic E-state index is 13.0. The average molecular weight is 409 g/mol. The van der Waals surface area contributed by atoms with Gasteiger partial charge in [-0.2, -0.15) is 5.11 Å². The lowest BCUT2D eigenvalue weighted by Gasteiger charge is -2.12. The second-order valence-electron chi connectivity index (χ2n) is 7.60. The van der Waals surface area contributed by atoms with Gasteiger partial charge in [0.25, 0.3) is 5.91 Å². The lowest BCUT2D eigenvalue weighted by Crippen LogP contribution is -2.13. The SMILES string of the molecule is Cc1ccc(C)c(/N=N/c2c(O)c(C(=O)Nc3ccccc3C)cc3ccccc23)c1. The molecule has 0 spiro atoms. The van der Waals surface area contributed by atoms with Gasteiger partial charge in [-0.05, 0) is 61.0 Å². The number of phenols is 1. The van der Waals surface area contributed by atoms with E-state index < -0.39 is 5.91 Å². The molecule has 0 aliphatic heterocycles. The third kappa shape index (κ3) is 4.16. The van der Waals surface area contributed by atoms with E-state index >= 15 is 0 Å². The summed E-state index contributed by atoms with van der Waals surface area (Å²) in [6.45, 7) is 5.86. The van der Waals surface area contributed by atoms with Crippen LogP contribution in [-0.4, -0.2) is 11.0 Å². The zero-order chi connectivity index (χ0) is 22.0. The van der Waals surface area contributed by atoms with Crippen LogP contribution in [0.2, 0.25) is 0 Å². The van der Waals surface area contributed by atoms with Gasteiger partial charge >= 0.3 is 0 Å². The van der Waals surface area contributed by atoms with E-state index in [1.807, 2.05) is 87.5 Å². The first-order valence-electron chi connectivity index (χ1n) is 10.0. The predicted octanol–water partition coefficient (Wildman–Crippen LogP) is 7.14. The van der Waals surface area contributed by atoms with Gasteiger partial charge in [0.2, 0.25) is 0 Å². The Morgan fingerprint density at radius 3 is 2.39 bits per heavy atom. The zero-order valence-electron chi connectivity index (χ0n) is 17.7. The van der Waals surface area contributed by atoms with E-state index in [-0.39, 0.29) is 17.0 Å². The zero-order valence-corrected chi connectivity index (χ0v) is 17.7. The van der Waals surface area contributed by atoms with Crippen LogP contribution in [0, 0.1) is 20.8 Å². The number of hydrogen-bond acceptors (Lipinski definition) is 4. The molecule has 1 amide bonds. The molecular weight excluding hydrogens is 386 g/mol. The van der Waals surface area contributed by atoms with E-state index in [9.17, 15) is 9.90 Å². The Labute approximate surface area is 181 Å². The molecule has 4 aromatic rings. The summed E-state index contributed by atoms with van der Waals surface area (Å²) in [5.74, 6) is -0.598. The van der Waals surface area contributed by atoms with Crippen molar-refractivity contribution >= 4 is 33.7 Å². The molecule has 0 aromatic heterocycles. The largest absolute Gasteiger partial charge is 0.505 e. The number of rotatable bonds is 4. The maximum Gasteiger partial charge on any atom is 0.259 e. The lowest BCUT2D eigenvalue weighted by atomic mass is 10.0. The third-order valence-corrected chi connectivity index (χ3v) is 5.26. The second kappa shape index (κ2) is 8.40. The highest BCUT2D eigenvalue weighted by Gasteiger charge is 2.19. The van der Waals surface area contributed by atoms with Gasteiger partial charge in [0, 0.05) is 11.1 Å². The van der Waals surface area contributed by atoms with E-state index in [4.69, 9.17) is 0 Å².